The van der Waals surface area contributed by atoms with Gasteiger partial charge < -0.3 is 5.11 Å². The van der Waals surface area contributed by atoms with Crippen LogP contribution in [0, 0.1) is 0 Å². The van der Waals surface area contributed by atoms with E-state index in [9.17, 15) is 5.11 Å². The van der Waals surface area contributed by atoms with Crippen molar-refractivity contribution in [3.8, 4) is 11.1 Å². The number of benzene rings is 2. The first-order chi connectivity index (χ1) is 8.34. The molecule has 1 unspecified atom stereocenters. The first-order valence-electron chi connectivity index (χ1n) is 6.25. The van der Waals surface area contributed by atoms with Crippen LogP contribution in [-0.4, -0.2) is 5.11 Å². The summed E-state index contributed by atoms with van der Waals surface area (Å²) in [5, 5.41) is 10.1. The Morgan fingerprint density at radius 3 is 2.76 bits per heavy atom. The number of hydrogen-bond acceptors (Lipinski definition) is 1. The maximum absolute atomic E-state index is 10.1. The van der Waals surface area contributed by atoms with Gasteiger partial charge in [0.15, 0.2) is 0 Å². The van der Waals surface area contributed by atoms with Gasteiger partial charge in [-0.15, -0.1) is 0 Å². The molecule has 84 valence electrons. The third-order valence-electron chi connectivity index (χ3n) is 4.14. The van der Waals surface area contributed by atoms with E-state index in [-0.39, 0.29) is 6.10 Å². The summed E-state index contributed by atoms with van der Waals surface area (Å²) >= 11 is 0. The number of aliphatic hydroxyl groups is 1. The quantitative estimate of drug-likeness (QED) is 0.619. The highest BCUT2D eigenvalue weighted by molar-refractivity contribution is 5.79. The summed E-state index contributed by atoms with van der Waals surface area (Å²) in [7, 11) is 0. The van der Waals surface area contributed by atoms with Gasteiger partial charge >= 0.3 is 0 Å². The van der Waals surface area contributed by atoms with Crippen LogP contribution in [0.1, 0.15) is 34.8 Å². The van der Waals surface area contributed by atoms with Crippen molar-refractivity contribution in [2.75, 3.05) is 0 Å². The first kappa shape index (κ1) is 9.43. The van der Waals surface area contributed by atoms with E-state index in [1.54, 1.807) is 0 Å². The van der Waals surface area contributed by atoms with Crippen molar-refractivity contribution >= 4 is 0 Å². The normalized spacial score (nSPS) is 19.9. The molecule has 0 aromatic heterocycles. The van der Waals surface area contributed by atoms with Crippen LogP contribution < -0.4 is 0 Å². The summed E-state index contributed by atoms with van der Waals surface area (Å²) < 4.78 is 0. The molecule has 17 heavy (non-hydrogen) atoms. The summed E-state index contributed by atoms with van der Waals surface area (Å²) in [6, 6.07) is 13.0. The molecule has 0 spiro atoms. The molecular weight excluding hydrogens is 208 g/mol. The maximum atomic E-state index is 10.1. The van der Waals surface area contributed by atoms with Crippen LogP contribution in [0.15, 0.2) is 36.4 Å². The van der Waals surface area contributed by atoms with Crippen molar-refractivity contribution in [2.45, 2.75) is 25.4 Å². The van der Waals surface area contributed by atoms with Gasteiger partial charge in [-0.3, -0.25) is 0 Å². The minimum atomic E-state index is -0.241. The van der Waals surface area contributed by atoms with Gasteiger partial charge in [-0.25, -0.2) is 0 Å². The molecular formula is C16H14O. The third kappa shape index (κ3) is 1.18. The molecule has 0 saturated carbocycles. The summed E-state index contributed by atoms with van der Waals surface area (Å²) in [5.41, 5.74) is 8.02. The molecule has 2 aliphatic rings. The molecule has 0 amide bonds. The molecule has 0 heterocycles. The van der Waals surface area contributed by atoms with Gasteiger partial charge in [0.25, 0.3) is 0 Å². The maximum Gasteiger partial charge on any atom is 0.0798 e. The fraction of sp³-hybridized carbons (Fsp3) is 0.250. The van der Waals surface area contributed by atoms with E-state index in [2.05, 4.69) is 36.4 Å². The average Bonchev–Trinajstić information content (AvgIpc) is 2.90. The van der Waals surface area contributed by atoms with Crippen molar-refractivity contribution in [3.63, 3.8) is 0 Å². The van der Waals surface area contributed by atoms with Gasteiger partial charge in [0.2, 0.25) is 0 Å². The Balaban J connectivity index is 2.01. The molecule has 1 nitrogen and oxygen atoms in total. The summed E-state index contributed by atoms with van der Waals surface area (Å²) in [5.74, 6) is 0. The van der Waals surface area contributed by atoms with E-state index < -0.39 is 0 Å². The zero-order chi connectivity index (χ0) is 11.4. The van der Waals surface area contributed by atoms with E-state index in [1.807, 2.05) is 0 Å². The van der Waals surface area contributed by atoms with Gasteiger partial charge in [0, 0.05) is 0 Å². The van der Waals surface area contributed by atoms with Gasteiger partial charge in [-0.2, -0.15) is 0 Å². The fourth-order valence-corrected chi connectivity index (χ4v) is 3.35. The van der Waals surface area contributed by atoms with Crippen LogP contribution in [0.5, 0.6) is 0 Å². The van der Waals surface area contributed by atoms with Crippen LogP contribution in [0.4, 0.5) is 0 Å². The fourth-order valence-electron chi connectivity index (χ4n) is 3.35. The molecule has 0 radical (unpaired) electrons. The second kappa shape index (κ2) is 3.21. The van der Waals surface area contributed by atoms with Crippen molar-refractivity contribution in [3.05, 3.63) is 58.7 Å². The van der Waals surface area contributed by atoms with Gasteiger partial charge in [-0.1, -0.05) is 36.4 Å². The molecule has 2 aromatic carbocycles. The Morgan fingerprint density at radius 2 is 1.82 bits per heavy atom. The van der Waals surface area contributed by atoms with E-state index in [1.165, 1.54) is 33.4 Å². The minimum absolute atomic E-state index is 0.241. The molecule has 2 aromatic rings. The molecule has 1 heteroatoms. The lowest BCUT2D eigenvalue weighted by Crippen LogP contribution is -1.97. The average molecular weight is 222 g/mol. The standard InChI is InChI=1S/C16H14O/c17-15-8-6-10-5-7-13-12-4-2-1-3-11(12)9-14(13)16(10)15/h1-5,7,15,17H,6,8-9H2. The minimum Gasteiger partial charge on any atom is -0.388 e. The molecule has 1 atom stereocenters. The topological polar surface area (TPSA) is 20.2 Å². The van der Waals surface area contributed by atoms with E-state index >= 15 is 0 Å². The SMILES string of the molecule is OC1CCc2ccc3c(c21)Cc1ccccc1-3. The molecule has 2 aliphatic carbocycles. The zero-order valence-corrected chi connectivity index (χ0v) is 9.61. The molecule has 0 aliphatic heterocycles. The monoisotopic (exact) mass is 222 g/mol. The second-order valence-corrected chi connectivity index (χ2v) is 5.05. The summed E-state index contributed by atoms with van der Waals surface area (Å²) in [4.78, 5) is 0. The van der Waals surface area contributed by atoms with Gasteiger partial charge in [-0.05, 0) is 52.6 Å². The summed E-state index contributed by atoms with van der Waals surface area (Å²) in [6.07, 6.45) is 2.67. The van der Waals surface area contributed by atoms with Crippen molar-refractivity contribution in [2.24, 2.45) is 0 Å². The predicted octanol–water partition coefficient (Wildman–Crippen LogP) is 3.24. The lowest BCUT2D eigenvalue weighted by atomic mass is 9.97. The Labute approximate surface area is 101 Å². The lowest BCUT2D eigenvalue weighted by Gasteiger charge is -2.10. The molecule has 4 rings (SSSR count). The number of hydrogen-bond donors (Lipinski definition) is 1. The van der Waals surface area contributed by atoms with Gasteiger partial charge in [0.1, 0.15) is 0 Å². The smallest absolute Gasteiger partial charge is 0.0798 e. The van der Waals surface area contributed by atoms with E-state index in [0.717, 1.165) is 19.3 Å². The Hall–Kier alpha value is -1.60. The Morgan fingerprint density at radius 1 is 0.941 bits per heavy atom. The molecule has 1 N–H and O–H groups in total. The number of aryl methyl sites for hydroxylation is 1. The Bertz CT molecular complexity index is 613. The zero-order valence-electron chi connectivity index (χ0n) is 9.61. The van der Waals surface area contributed by atoms with Crippen LogP contribution in [0.25, 0.3) is 11.1 Å². The number of rotatable bonds is 0. The number of aliphatic hydroxyl groups excluding tert-OH is 1. The highest BCUT2D eigenvalue weighted by atomic mass is 16.3. The predicted molar refractivity (Wildman–Crippen MR) is 68.0 cm³/mol. The molecule has 0 fully saturated rings. The second-order valence-electron chi connectivity index (χ2n) is 5.05. The van der Waals surface area contributed by atoms with Crippen molar-refractivity contribution < 1.29 is 5.11 Å². The third-order valence-corrected chi connectivity index (χ3v) is 4.14. The van der Waals surface area contributed by atoms with Crippen LogP contribution in [0.2, 0.25) is 0 Å². The van der Waals surface area contributed by atoms with Crippen molar-refractivity contribution in [1.29, 1.82) is 0 Å². The summed E-state index contributed by atoms with van der Waals surface area (Å²) in [6.45, 7) is 0. The van der Waals surface area contributed by atoms with E-state index in [4.69, 9.17) is 0 Å². The highest BCUT2D eigenvalue weighted by Gasteiger charge is 2.29. The van der Waals surface area contributed by atoms with Gasteiger partial charge in [0.05, 0.1) is 6.10 Å². The van der Waals surface area contributed by atoms with Crippen molar-refractivity contribution in [1.82, 2.24) is 0 Å². The van der Waals surface area contributed by atoms with Crippen LogP contribution >= 0.6 is 0 Å². The molecule has 0 bridgehead atoms. The largest absolute Gasteiger partial charge is 0.388 e. The van der Waals surface area contributed by atoms with E-state index in [0.29, 0.717) is 0 Å². The van der Waals surface area contributed by atoms with Crippen LogP contribution in [-0.2, 0) is 12.8 Å². The Kier molecular flexibility index (Phi) is 1.78. The lowest BCUT2D eigenvalue weighted by molar-refractivity contribution is 0.179. The number of fused-ring (bicyclic) bond motifs is 5. The first-order valence-corrected chi connectivity index (χ1v) is 6.25. The highest BCUT2D eigenvalue weighted by Crippen LogP contribution is 2.44. The molecule has 0 saturated heterocycles. The van der Waals surface area contributed by atoms with Crippen LogP contribution in [0.3, 0.4) is 0 Å².